The van der Waals surface area contributed by atoms with Crippen LogP contribution in [0.4, 0.5) is 5.69 Å². The summed E-state index contributed by atoms with van der Waals surface area (Å²) in [6.45, 7) is 4.54. The Morgan fingerprint density at radius 3 is 2.69 bits per heavy atom. The molecule has 1 fully saturated rings. The first-order valence-electron chi connectivity index (χ1n) is 9.72. The molecule has 0 radical (unpaired) electrons. The van der Waals surface area contributed by atoms with E-state index in [1.165, 1.54) is 18.7 Å². The third-order valence-corrected chi connectivity index (χ3v) is 5.01. The van der Waals surface area contributed by atoms with Gasteiger partial charge in [0.2, 0.25) is 5.69 Å². The third kappa shape index (κ3) is 4.20. The van der Waals surface area contributed by atoms with E-state index in [1.807, 2.05) is 0 Å². The van der Waals surface area contributed by atoms with Gasteiger partial charge in [-0.3, -0.25) is 4.79 Å². The average molecular weight is 418 g/mol. The maximum atomic E-state index is 12.8. The Bertz CT molecular complexity index is 910. The minimum atomic E-state index is -2.55. The van der Waals surface area contributed by atoms with Crippen LogP contribution in [-0.2, 0) is 0 Å². The van der Waals surface area contributed by atoms with Crippen molar-refractivity contribution in [3.05, 3.63) is 58.4 Å². The molecule has 1 aliphatic carbocycles. The van der Waals surface area contributed by atoms with Crippen molar-refractivity contribution >= 4 is 27.5 Å². The van der Waals surface area contributed by atoms with Crippen molar-refractivity contribution < 1.29 is 13.6 Å². The third-order valence-electron chi connectivity index (χ3n) is 4.38. The summed E-state index contributed by atoms with van der Waals surface area (Å²) in [6, 6.07) is 4.78. The van der Waals surface area contributed by atoms with Gasteiger partial charge < -0.3 is 9.64 Å². The fourth-order valence-electron chi connectivity index (χ4n) is 2.98. The van der Waals surface area contributed by atoms with Gasteiger partial charge in [0.25, 0.3) is 5.91 Å². The number of aromatic nitrogens is 2. The molecule has 2 aromatic rings. The second-order valence-electron chi connectivity index (χ2n) is 6.08. The van der Waals surface area contributed by atoms with E-state index in [9.17, 15) is 4.79 Å². The number of carbonyl (C=O) groups excluding carboxylic acids is 1. The van der Waals surface area contributed by atoms with Crippen molar-refractivity contribution in [2.45, 2.75) is 37.8 Å². The van der Waals surface area contributed by atoms with Crippen LogP contribution < -0.4 is 4.74 Å². The van der Waals surface area contributed by atoms with E-state index in [2.05, 4.69) is 30.7 Å². The van der Waals surface area contributed by atoms with Gasteiger partial charge in [0.1, 0.15) is 12.1 Å². The Morgan fingerprint density at radius 1 is 1.35 bits per heavy atom. The van der Waals surface area contributed by atoms with Crippen molar-refractivity contribution in [1.29, 1.82) is 0 Å². The summed E-state index contributed by atoms with van der Waals surface area (Å²) in [7, 11) is 0. The number of halogens is 1. The number of ether oxygens (including phenoxy) is 1. The van der Waals surface area contributed by atoms with Crippen LogP contribution in [0.25, 0.3) is 4.85 Å². The van der Waals surface area contributed by atoms with E-state index < -0.39 is 18.9 Å². The molecule has 134 valence electrons. The van der Waals surface area contributed by atoms with E-state index in [4.69, 9.17) is 15.4 Å². The number of rotatable bonds is 4. The normalized spacial score (nSPS) is 21.6. The lowest BCUT2D eigenvalue weighted by atomic mass is 9.91. The maximum absolute atomic E-state index is 12.8. The van der Waals surface area contributed by atoms with Crippen LogP contribution in [0.1, 0.15) is 40.2 Å². The number of nitrogens with zero attached hydrogens (tertiary/aromatic N) is 4. The molecule has 0 saturated heterocycles. The molecule has 0 atom stereocenters. The fraction of sp³-hybridized carbons (Fsp3) is 0.368. The molecule has 0 aliphatic heterocycles. The van der Waals surface area contributed by atoms with Crippen molar-refractivity contribution in [2.24, 2.45) is 0 Å². The molecule has 1 saturated carbocycles. The zero-order valence-electron chi connectivity index (χ0n) is 16.9. The fourth-order valence-corrected chi connectivity index (χ4v) is 3.43. The van der Waals surface area contributed by atoms with Gasteiger partial charge in [-0.2, -0.15) is 0 Å². The van der Waals surface area contributed by atoms with E-state index >= 15 is 0 Å². The molecule has 0 spiro atoms. The Labute approximate surface area is 165 Å². The van der Waals surface area contributed by atoms with Crippen LogP contribution in [0.2, 0.25) is 0 Å². The highest BCUT2D eigenvalue weighted by Crippen LogP contribution is 2.32. The van der Waals surface area contributed by atoms with Crippen LogP contribution in [0.5, 0.6) is 5.75 Å². The first kappa shape index (κ1) is 14.7. The number of hydrogen-bond acceptors (Lipinski definition) is 4. The van der Waals surface area contributed by atoms with Gasteiger partial charge in [0.15, 0.2) is 0 Å². The Hall–Kier alpha value is -2.46. The second-order valence-corrected chi connectivity index (χ2v) is 6.93. The van der Waals surface area contributed by atoms with Gasteiger partial charge in [-0.05, 0) is 37.8 Å². The number of benzene rings is 1. The van der Waals surface area contributed by atoms with Gasteiger partial charge in [-0.1, -0.05) is 22.0 Å². The molecule has 0 N–H and O–H groups in total. The van der Waals surface area contributed by atoms with Gasteiger partial charge in [0.05, 0.1) is 18.2 Å². The molecule has 3 rings (SSSR count). The largest absolute Gasteiger partial charge is 0.491 e. The summed E-state index contributed by atoms with van der Waals surface area (Å²) in [5.41, 5.74) is 0.671. The van der Waals surface area contributed by atoms with E-state index in [1.54, 1.807) is 18.2 Å². The maximum Gasteiger partial charge on any atom is 0.256 e. The van der Waals surface area contributed by atoms with E-state index in [0.29, 0.717) is 41.6 Å². The average Bonchev–Trinajstić information content (AvgIpc) is 2.69. The molecule has 1 heterocycles. The summed E-state index contributed by atoms with van der Waals surface area (Å²) in [4.78, 5) is 24.8. The molecular weight excluding hydrogens is 396 g/mol. The van der Waals surface area contributed by atoms with Crippen LogP contribution in [0, 0.1) is 6.57 Å². The minimum Gasteiger partial charge on any atom is -0.491 e. The van der Waals surface area contributed by atoms with Gasteiger partial charge in [0, 0.05) is 34.0 Å². The van der Waals surface area contributed by atoms with Gasteiger partial charge in [-0.25, -0.2) is 14.8 Å². The first-order chi connectivity index (χ1) is 13.8. The molecular formula is C19H19BrN4O2. The molecule has 6 nitrogen and oxygen atoms in total. The zero-order chi connectivity index (χ0) is 21.0. The Morgan fingerprint density at radius 2 is 2.08 bits per heavy atom. The Kier molecular flexibility index (Phi) is 4.68. The smallest absolute Gasteiger partial charge is 0.256 e. The van der Waals surface area contributed by atoms with E-state index in [-0.39, 0.29) is 11.7 Å². The van der Waals surface area contributed by atoms with Crippen molar-refractivity contribution in [1.82, 2.24) is 14.9 Å². The van der Waals surface area contributed by atoms with Crippen LogP contribution in [0.15, 0.2) is 41.4 Å². The Balaban J connectivity index is 1.66. The molecule has 7 heteroatoms. The van der Waals surface area contributed by atoms with Gasteiger partial charge in [-0.15, -0.1) is 0 Å². The monoisotopic (exact) mass is 417 g/mol. The van der Waals surface area contributed by atoms with Crippen LogP contribution in [0.3, 0.4) is 0 Å². The quantitative estimate of drug-likeness (QED) is 0.697. The van der Waals surface area contributed by atoms with E-state index in [0.717, 1.165) is 4.90 Å². The lowest BCUT2D eigenvalue weighted by molar-refractivity contribution is 0.0608. The predicted octanol–water partition coefficient (Wildman–Crippen LogP) is 4.25. The number of hydrogen-bond donors (Lipinski definition) is 0. The van der Waals surface area contributed by atoms with Gasteiger partial charge >= 0.3 is 0 Å². The van der Waals surface area contributed by atoms with Crippen LogP contribution in [-0.4, -0.2) is 39.9 Å². The zero-order valence-corrected chi connectivity index (χ0v) is 15.5. The summed E-state index contributed by atoms with van der Waals surface area (Å²) in [5.74, 6) is 0.0616. The van der Waals surface area contributed by atoms with Crippen molar-refractivity contribution in [3.63, 3.8) is 0 Å². The molecule has 1 aliphatic rings. The lowest BCUT2D eigenvalue weighted by Crippen LogP contribution is -2.41. The second kappa shape index (κ2) is 8.28. The number of carbonyl (C=O) groups is 1. The molecule has 1 amide bonds. The molecule has 1 aromatic heterocycles. The molecule has 1 aromatic carbocycles. The summed E-state index contributed by atoms with van der Waals surface area (Å²) >= 11 is 3.35. The summed E-state index contributed by atoms with van der Waals surface area (Å²) in [5, 5.41) is 0. The highest BCUT2D eigenvalue weighted by Gasteiger charge is 2.28. The highest BCUT2D eigenvalue weighted by molar-refractivity contribution is 9.10. The lowest BCUT2D eigenvalue weighted by Gasteiger charge is -2.34. The predicted molar refractivity (Wildman–Crippen MR) is 101 cm³/mol. The minimum absolute atomic E-state index is 0.0782. The van der Waals surface area contributed by atoms with Crippen molar-refractivity contribution in [2.75, 3.05) is 6.98 Å². The molecule has 0 bridgehead atoms. The summed E-state index contributed by atoms with van der Waals surface area (Å²) < 4.78 is 30.2. The standard InChI is InChI=1S/C19H19BrN4O2/c1-21-18-8-7-16(9-17(18)20)26-15-5-3-14(4-6-15)24(2)19(25)13-10-22-12-23-11-13/h7-12,14-15H,3-6H2,2H3/i2D3. The SMILES string of the molecule is [2H]C([2H])([2H])N(C(=O)c1cncnc1)C1CCC(Oc2ccc([N+]#[C-])c(Br)c2)CC1. The van der Waals surface area contributed by atoms with Crippen LogP contribution >= 0.6 is 15.9 Å². The highest BCUT2D eigenvalue weighted by atomic mass is 79.9. The molecule has 26 heavy (non-hydrogen) atoms. The summed E-state index contributed by atoms with van der Waals surface area (Å²) in [6.07, 6.45) is 6.15. The topological polar surface area (TPSA) is 59.7 Å². The number of amides is 1. The van der Waals surface area contributed by atoms with Crippen molar-refractivity contribution in [3.8, 4) is 5.75 Å². The molecule has 0 unspecified atom stereocenters. The first-order valence-corrected chi connectivity index (χ1v) is 9.01.